The van der Waals surface area contributed by atoms with Crippen molar-refractivity contribution >= 4 is 5.71 Å². The standard InChI is InChI=1S/C8H11NO/c1-2-4-8-7(3-1)9-5-6-10-8/h1-2,8H,3-6H2/q+1. The largest absolute Gasteiger partial charge is 0.360 e. The third kappa shape index (κ3) is 0.991. The van der Waals surface area contributed by atoms with Gasteiger partial charge in [0.1, 0.15) is 12.7 Å². The molecule has 1 aliphatic heterocycles. The number of fused-ring (bicyclic) bond motifs is 1. The van der Waals surface area contributed by atoms with Crippen molar-refractivity contribution in [1.82, 2.24) is 4.99 Å². The second-order valence-corrected chi connectivity index (χ2v) is 2.64. The monoisotopic (exact) mass is 137 g/mol. The summed E-state index contributed by atoms with van der Waals surface area (Å²) < 4.78 is 5.50. The Morgan fingerprint density at radius 1 is 1.50 bits per heavy atom. The molecule has 10 heavy (non-hydrogen) atoms. The van der Waals surface area contributed by atoms with Crippen molar-refractivity contribution in [3.05, 3.63) is 12.2 Å². The van der Waals surface area contributed by atoms with Gasteiger partial charge in [-0.3, -0.25) is 0 Å². The Morgan fingerprint density at radius 3 is 3.40 bits per heavy atom. The Balaban J connectivity index is 2.17. The summed E-state index contributed by atoms with van der Waals surface area (Å²) in [6, 6.07) is 0. The van der Waals surface area contributed by atoms with E-state index in [0.717, 1.165) is 26.0 Å². The molecule has 0 bridgehead atoms. The summed E-state index contributed by atoms with van der Waals surface area (Å²) in [5.41, 5.74) is 1.24. The van der Waals surface area contributed by atoms with Crippen molar-refractivity contribution in [2.45, 2.75) is 18.9 Å². The van der Waals surface area contributed by atoms with Crippen LogP contribution in [0.25, 0.3) is 0 Å². The highest BCUT2D eigenvalue weighted by Gasteiger charge is 2.29. The van der Waals surface area contributed by atoms with E-state index in [0.29, 0.717) is 6.10 Å². The minimum absolute atomic E-state index is 0.318. The average Bonchev–Trinajstić information content (AvgIpc) is 2.05. The zero-order valence-corrected chi connectivity index (χ0v) is 5.92. The number of nitrogens with zero attached hydrogens (tertiary/aromatic N) is 1. The third-order valence-corrected chi connectivity index (χ3v) is 1.94. The molecule has 1 radical (unpaired) electrons. The first kappa shape index (κ1) is 6.10. The second-order valence-electron chi connectivity index (χ2n) is 2.64. The molecule has 2 nitrogen and oxygen atoms in total. The highest BCUT2D eigenvalue weighted by molar-refractivity contribution is 5.90. The van der Waals surface area contributed by atoms with E-state index in [1.807, 2.05) is 0 Å². The molecule has 1 atom stereocenters. The maximum Gasteiger partial charge on any atom is 0.256 e. The Bertz CT molecular complexity index is 184. The van der Waals surface area contributed by atoms with E-state index in [9.17, 15) is 0 Å². The predicted octanol–water partition coefficient (Wildman–Crippen LogP) is 0.512. The molecular weight excluding hydrogens is 126 g/mol. The molecule has 0 aromatic heterocycles. The molecule has 2 rings (SSSR count). The summed E-state index contributed by atoms with van der Waals surface area (Å²) in [6.07, 6.45) is 6.70. The van der Waals surface area contributed by atoms with Gasteiger partial charge in [-0.15, -0.1) is 0 Å². The fraction of sp³-hybridized carbons (Fsp3) is 0.625. The van der Waals surface area contributed by atoms with Crippen LogP contribution in [-0.2, 0) is 4.74 Å². The van der Waals surface area contributed by atoms with E-state index in [1.54, 1.807) is 0 Å². The summed E-state index contributed by atoms with van der Waals surface area (Å²) in [5.74, 6) is 0. The zero-order chi connectivity index (χ0) is 6.81. The van der Waals surface area contributed by atoms with Crippen LogP contribution in [-0.4, -0.2) is 25.0 Å². The van der Waals surface area contributed by atoms with E-state index in [-0.39, 0.29) is 0 Å². The highest BCUT2D eigenvalue weighted by Crippen LogP contribution is 2.12. The van der Waals surface area contributed by atoms with Crippen molar-refractivity contribution in [1.29, 1.82) is 0 Å². The van der Waals surface area contributed by atoms with Gasteiger partial charge in [0.15, 0.2) is 0 Å². The Kier molecular flexibility index (Phi) is 1.55. The van der Waals surface area contributed by atoms with Gasteiger partial charge in [-0.25, -0.2) is 0 Å². The number of hydrogen-bond donors (Lipinski definition) is 0. The van der Waals surface area contributed by atoms with Crippen LogP contribution in [0.3, 0.4) is 0 Å². The molecule has 0 fully saturated rings. The van der Waals surface area contributed by atoms with Crippen molar-refractivity contribution < 1.29 is 4.74 Å². The fourth-order valence-electron chi connectivity index (χ4n) is 1.41. The highest BCUT2D eigenvalue weighted by atomic mass is 16.5. The molecule has 2 heteroatoms. The molecule has 1 unspecified atom stereocenters. The summed E-state index contributed by atoms with van der Waals surface area (Å²) in [7, 11) is 0. The third-order valence-electron chi connectivity index (χ3n) is 1.94. The maximum absolute atomic E-state index is 5.50. The lowest BCUT2D eigenvalue weighted by atomic mass is 10.0. The van der Waals surface area contributed by atoms with Gasteiger partial charge in [-0.1, -0.05) is 12.2 Å². The minimum Gasteiger partial charge on any atom is -0.360 e. The van der Waals surface area contributed by atoms with Crippen LogP contribution < -0.4 is 4.99 Å². The van der Waals surface area contributed by atoms with Gasteiger partial charge in [0.05, 0.1) is 6.42 Å². The summed E-state index contributed by atoms with van der Waals surface area (Å²) >= 11 is 0. The summed E-state index contributed by atoms with van der Waals surface area (Å²) in [6.45, 7) is 1.67. The van der Waals surface area contributed by atoms with Gasteiger partial charge in [-0.05, 0) is 0 Å². The Labute approximate surface area is 60.6 Å². The first-order valence-corrected chi connectivity index (χ1v) is 3.76. The van der Waals surface area contributed by atoms with Crippen molar-refractivity contribution in [2.75, 3.05) is 13.2 Å². The lowest BCUT2D eigenvalue weighted by Gasteiger charge is -2.16. The van der Waals surface area contributed by atoms with Gasteiger partial charge in [-0.2, -0.15) is 0 Å². The minimum atomic E-state index is 0.318. The molecule has 1 aliphatic carbocycles. The number of allylic oxidation sites excluding steroid dienone is 1. The number of aliphatic imine (C=N–C) groups is 1. The summed E-state index contributed by atoms with van der Waals surface area (Å²) in [5, 5.41) is 0. The average molecular weight is 137 g/mol. The molecule has 0 N–H and O–H groups in total. The smallest absolute Gasteiger partial charge is 0.256 e. The van der Waals surface area contributed by atoms with Crippen LogP contribution in [0.4, 0.5) is 0 Å². The molecule has 53 valence electrons. The van der Waals surface area contributed by atoms with Gasteiger partial charge >= 0.3 is 0 Å². The van der Waals surface area contributed by atoms with Crippen LogP contribution >= 0.6 is 0 Å². The van der Waals surface area contributed by atoms with E-state index in [2.05, 4.69) is 17.1 Å². The molecule has 0 saturated heterocycles. The van der Waals surface area contributed by atoms with Gasteiger partial charge < -0.3 is 4.74 Å². The first-order valence-electron chi connectivity index (χ1n) is 3.76. The molecule has 2 aliphatic rings. The molecule has 0 aromatic rings. The van der Waals surface area contributed by atoms with Crippen LogP contribution in [0.5, 0.6) is 0 Å². The number of hydrogen-bond acceptors (Lipinski definition) is 2. The molecule has 0 amide bonds. The topological polar surface area (TPSA) is 23.3 Å². The Morgan fingerprint density at radius 2 is 2.50 bits per heavy atom. The molecule has 0 spiro atoms. The van der Waals surface area contributed by atoms with E-state index in [1.165, 1.54) is 5.71 Å². The number of ether oxygens (including phenoxy) is 1. The lowest BCUT2D eigenvalue weighted by Crippen LogP contribution is -2.36. The SMILES string of the molecule is C1=CCC2OCC[N+]=C2C1. The van der Waals surface area contributed by atoms with E-state index >= 15 is 0 Å². The predicted molar refractivity (Wildman–Crippen MR) is 40.1 cm³/mol. The lowest BCUT2D eigenvalue weighted by molar-refractivity contribution is 0.0905. The summed E-state index contributed by atoms with van der Waals surface area (Å²) in [4.78, 5) is 4.39. The van der Waals surface area contributed by atoms with Crippen LogP contribution in [0.1, 0.15) is 12.8 Å². The van der Waals surface area contributed by atoms with Crippen molar-refractivity contribution in [3.63, 3.8) is 0 Å². The van der Waals surface area contributed by atoms with E-state index < -0.39 is 0 Å². The van der Waals surface area contributed by atoms with Crippen LogP contribution in [0.15, 0.2) is 12.2 Å². The van der Waals surface area contributed by atoms with Crippen LogP contribution in [0.2, 0.25) is 0 Å². The maximum atomic E-state index is 5.50. The molecular formula is C8H11NO+. The quantitative estimate of drug-likeness (QED) is 0.446. The fourth-order valence-corrected chi connectivity index (χ4v) is 1.41. The van der Waals surface area contributed by atoms with Gasteiger partial charge in [0.2, 0.25) is 6.54 Å². The van der Waals surface area contributed by atoms with Gasteiger partial charge in [0.25, 0.3) is 5.71 Å². The molecule has 1 heterocycles. The van der Waals surface area contributed by atoms with Crippen molar-refractivity contribution in [3.8, 4) is 0 Å². The van der Waals surface area contributed by atoms with Crippen molar-refractivity contribution in [2.24, 2.45) is 0 Å². The van der Waals surface area contributed by atoms with Crippen LogP contribution in [0, 0.1) is 0 Å². The van der Waals surface area contributed by atoms with Gasteiger partial charge in [0, 0.05) is 11.4 Å². The first-order chi connectivity index (χ1) is 4.97. The normalized spacial score (nSPS) is 31.2. The second kappa shape index (κ2) is 2.54. The molecule has 0 saturated carbocycles. The molecule has 0 aromatic carbocycles. The van der Waals surface area contributed by atoms with E-state index in [4.69, 9.17) is 4.74 Å². The Hall–Kier alpha value is -0.630. The number of rotatable bonds is 0. The zero-order valence-electron chi connectivity index (χ0n) is 5.92.